The molecule has 0 aliphatic carbocycles. The van der Waals surface area contributed by atoms with E-state index in [0.29, 0.717) is 11.7 Å². The number of aromatic nitrogens is 2. The van der Waals surface area contributed by atoms with Crippen LogP contribution in [0.2, 0.25) is 0 Å². The molecule has 4 heteroatoms. The zero-order valence-electron chi connectivity index (χ0n) is 11.1. The summed E-state index contributed by atoms with van der Waals surface area (Å²) in [6.45, 7) is 8.01. The maximum Gasteiger partial charge on any atom is 0.231 e. The van der Waals surface area contributed by atoms with Crippen molar-refractivity contribution in [2.45, 2.75) is 26.7 Å². The van der Waals surface area contributed by atoms with Gasteiger partial charge in [-0.15, -0.1) is 0 Å². The number of rotatable bonds is 5. The molecule has 0 spiro atoms. The van der Waals surface area contributed by atoms with Gasteiger partial charge in [0.2, 0.25) is 11.7 Å². The van der Waals surface area contributed by atoms with Gasteiger partial charge in [0.05, 0.1) is 0 Å². The van der Waals surface area contributed by atoms with Crippen molar-refractivity contribution in [2.75, 3.05) is 13.1 Å². The Morgan fingerprint density at radius 3 is 2.83 bits per heavy atom. The van der Waals surface area contributed by atoms with Crippen LogP contribution in [0.1, 0.15) is 31.2 Å². The van der Waals surface area contributed by atoms with Crippen LogP contribution in [0.3, 0.4) is 0 Å². The van der Waals surface area contributed by atoms with Gasteiger partial charge in [-0.25, -0.2) is 0 Å². The van der Waals surface area contributed by atoms with Crippen molar-refractivity contribution in [3.05, 3.63) is 35.7 Å². The first-order valence-electron chi connectivity index (χ1n) is 6.32. The van der Waals surface area contributed by atoms with Crippen LogP contribution in [0.15, 0.2) is 28.8 Å². The molecule has 0 amide bonds. The predicted octanol–water partition coefficient (Wildman–Crippen LogP) is 2.76. The van der Waals surface area contributed by atoms with Crippen molar-refractivity contribution < 1.29 is 4.52 Å². The highest BCUT2D eigenvalue weighted by Crippen LogP contribution is 2.22. The summed E-state index contributed by atoms with van der Waals surface area (Å²) in [5, 5.41) is 7.34. The number of aryl methyl sites for hydroxylation is 1. The van der Waals surface area contributed by atoms with E-state index < -0.39 is 0 Å². The zero-order valence-corrected chi connectivity index (χ0v) is 11.1. The third-order valence-electron chi connectivity index (χ3n) is 2.95. The molecule has 96 valence electrons. The van der Waals surface area contributed by atoms with E-state index in [1.54, 1.807) is 0 Å². The molecule has 0 bridgehead atoms. The lowest BCUT2D eigenvalue weighted by Gasteiger charge is -2.05. The highest BCUT2D eigenvalue weighted by molar-refractivity contribution is 5.58. The summed E-state index contributed by atoms with van der Waals surface area (Å²) >= 11 is 0. The SMILES string of the molecule is CCNCC(C)c1nc(-c2ccccc2C)no1. The van der Waals surface area contributed by atoms with Crippen molar-refractivity contribution in [1.82, 2.24) is 15.5 Å². The van der Waals surface area contributed by atoms with Gasteiger partial charge >= 0.3 is 0 Å². The van der Waals surface area contributed by atoms with Gasteiger partial charge in [-0.3, -0.25) is 0 Å². The molecule has 1 atom stereocenters. The monoisotopic (exact) mass is 245 g/mol. The molecule has 2 rings (SSSR count). The maximum absolute atomic E-state index is 5.33. The fourth-order valence-corrected chi connectivity index (χ4v) is 1.82. The van der Waals surface area contributed by atoms with E-state index in [-0.39, 0.29) is 5.92 Å². The van der Waals surface area contributed by atoms with Gasteiger partial charge in [0.25, 0.3) is 0 Å². The lowest BCUT2D eigenvalue weighted by atomic mass is 10.1. The van der Waals surface area contributed by atoms with Gasteiger partial charge < -0.3 is 9.84 Å². The summed E-state index contributed by atoms with van der Waals surface area (Å²) in [5.74, 6) is 1.59. The second kappa shape index (κ2) is 5.78. The van der Waals surface area contributed by atoms with Crippen LogP contribution in [0.25, 0.3) is 11.4 Å². The minimum Gasteiger partial charge on any atom is -0.339 e. The normalized spacial score (nSPS) is 12.6. The minimum atomic E-state index is 0.232. The Bertz CT molecular complexity index is 507. The average Bonchev–Trinajstić information content (AvgIpc) is 2.86. The van der Waals surface area contributed by atoms with E-state index in [1.807, 2.05) is 31.2 Å². The molecule has 0 aliphatic heterocycles. The van der Waals surface area contributed by atoms with E-state index >= 15 is 0 Å². The van der Waals surface area contributed by atoms with Crippen molar-refractivity contribution in [1.29, 1.82) is 0 Å². The van der Waals surface area contributed by atoms with Gasteiger partial charge in [-0.2, -0.15) is 4.98 Å². The molecule has 1 aromatic heterocycles. The molecule has 1 heterocycles. The van der Waals surface area contributed by atoms with Crippen LogP contribution in [0.5, 0.6) is 0 Å². The number of hydrogen-bond donors (Lipinski definition) is 1. The molecule has 0 saturated heterocycles. The lowest BCUT2D eigenvalue weighted by molar-refractivity contribution is 0.355. The minimum absolute atomic E-state index is 0.232. The summed E-state index contributed by atoms with van der Waals surface area (Å²) in [5.41, 5.74) is 2.19. The molecular formula is C14H19N3O. The fourth-order valence-electron chi connectivity index (χ4n) is 1.82. The Hall–Kier alpha value is -1.68. The Kier molecular flexibility index (Phi) is 4.10. The number of hydrogen-bond acceptors (Lipinski definition) is 4. The maximum atomic E-state index is 5.33. The van der Waals surface area contributed by atoms with Crippen LogP contribution in [0, 0.1) is 6.92 Å². The average molecular weight is 245 g/mol. The molecule has 4 nitrogen and oxygen atoms in total. The first-order chi connectivity index (χ1) is 8.72. The molecule has 1 N–H and O–H groups in total. The molecule has 1 unspecified atom stereocenters. The number of likely N-dealkylation sites (N-methyl/N-ethyl adjacent to an activating group) is 1. The van der Waals surface area contributed by atoms with Crippen LogP contribution in [0.4, 0.5) is 0 Å². The number of nitrogens with zero attached hydrogens (tertiary/aromatic N) is 2. The molecule has 18 heavy (non-hydrogen) atoms. The molecule has 2 aromatic rings. The van der Waals surface area contributed by atoms with E-state index in [0.717, 1.165) is 24.2 Å². The fraction of sp³-hybridized carbons (Fsp3) is 0.429. The topological polar surface area (TPSA) is 51.0 Å². The molecule has 0 radical (unpaired) electrons. The van der Waals surface area contributed by atoms with Crippen molar-refractivity contribution in [3.63, 3.8) is 0 Å². The summed E-state index contributed by atoms with van der Waals surface area (Å²) in [7, 11) is 0. The summed E-state index contributed by atoms with van der Waals surface area (Å²) in [6, 6.07) is 8.06. The molecule has 0 aliphatic rings. The smallest absolute Gasteiger partial charge is 0.231 e. The highest BCUT2D eigenvalue weighted by Gasteiger charge is 2.15. The Balaban J connectivity index is 2.18. The summed E-state index contributed by atoms with van der Waals surface area (Å²) in [4.78, 5) is 4.48. The Labute approximate surface area is 107 Å². The van der Waals surface area contributed by atoms with Crippen molar-refractivity contribution in [3.8, 4) is 11.4 Å². The predicted molar refractivity (Wildman–Crippen MR) is 71.4 cm³/mol. The Morgan fingerprint density at radius 2 is 2.11 bits per heavy atom. The Morgan fingerprint density at radius 1 is 1.33 bits per heavy atom. The molecule has 0 saturated carbocycles. The van der Waals surface area contributed by atoms with Crippen LogP contribution < -0.4 is 5.32 Å². The summed E-state index contributed by atoms with van der Waals surface area (Å²) < 4.78 is 5.33. The van der Waals surface area contributed by atoms with E-state index in [9.17, 15) is 0 Å². The van der Waals surface area contributed by atoms with E-state index in [2.05, 4.69) is 29.3 Å². The van der Waals surface area contributed by atoms with Gasteiger partial charge in [0.15, 0.2) is 0 Å². The number of benzene rings is 1. The summed E-state index contributed by atoms with van der Waals surface area (Å²) in [6.07, 6.45) is 0. The third-order valence-corrected chi connectivity index (χ3v) is 2.95. The second-order valence-corrected chi connectivity index (χ2v) is 4.48. The standard InChI is InChI=1S/C14H19N3O/c1-4-15-9-11(3)14-16-13(17-18-14)12-8-6-5-7-10(12)2/h5-8,11,15H,4,9H2,1-3H3. The first kappa shape index (κ1) is 12.8. The zero-order chi connectivity index (χ0) is 13.0. The third kappa shape index (κ3) is 2.76. The van der Waals surface area contributed by atoms with E-state index in [4.69, 9.17) is 4.52 Å². The first-order valence-corrected chi connectivity index (χ1v) is 6.32. The van der Waals surface area contributed by atoms with Gasteiger partial charge in [-0.05, 0) is 19.0 Å². The molecular weight excluding hydrogens is 226 g/mol. The molecule has 1 aromatic carbocycles. The van der Waals surface area contributed by atoms with Crippen molar-refractivity contribution in [2.24, 2.45) is 0 Å². The van der Waals surface area contributed by atoms with Crippen LogP contribution >= 0.6 is 0 Å². The largest absolute Gasteiger partial charge is 0.339 e. The van der Waals surface area contributed by atoms with E-state index in [1.165, 1.54) is 0 Å². The van der Waals surface area contributed by atoms with Crippen molar-refractivity contribution >= 4 is 0 Å². The molecule has 0 fully saturated rings. The second-order valence-electron chi connectivity index (χ2n) is 4.48. The lowest BCUT2D eigenvalue weighted by Crippen LogP contribution is -2.19. The highest BCUT2D eigenvalue weighted by atomic mass is 16.5. The quantitative estimate of drug-likeness (QED) is 0.880. The van der Waals surface area contributed by atoms with Gasteiger partial charge in [0, 0.05) is 18.0 Å². The van der Waals surface area contributed by atoms with Gasteiger partial charge in [0.1, 0.15) is 0 Å². The van der Waals surface area contributed by atoms with Crippen LogP contribution in [-0.2, 0) is 0 Å². The van der Waals surface area contributed by atoms with Gasteiger partial charge in [-0.1, -0.05) is 43.3 Å². The van der Waals surface area contributed by atoms with Crippen LogP contribution in [-0.4, -0.2) is 23.2 Å². The number of nitrogens with one attached hydrogen (secondary N) is 1.